The molecule has 1 aromatic carbocycles. The molecule has 0 aliphatic carbocycles. The first-order chi connectivity index (χ1) is 9.97. The summed E-state index contributed by atoms with van der Waals surface area (Å²) in [4.78, 5) is 24.5. The molecule has 0 saturated heterocycles. The highest BCUT2D eigenvalue weighted by Crippen LogP contribution is 2.14. The third-order valence-corrected chi connectivity index (χ3v) is 3.07. The summed E-state index contributed by atoms with van der Waals surface area (Å²) in [6, 6.07) is 7.29. The number of amides is 1. The molecule has 0 saturated carbocycles. The van der Waals surface area contributed by atoms with Gasteiger partial charge in [0.15, 0.2) is 0 Å². The Balaban J connectivity index is 2.79. The van der Waals surface area contributed by atoms with Gasteiger partial charge in [-0.3, -0.25) is 9.59 Å². The summed E-state index contributed by atoms with van der Waals surface area (Å²) in [5, 5.41) is 8.99. The van der Waals surface area contributed by atoms with Crippen LogP contribution in [0.15, 0.2) is 24.3 Å². The molecule has 21 heavy (non-hydrogen) atoms. The zero-order valence-electron chi connectivity index (χ0n) is 12.5. The highest BCUT2D eigenvalue weighted by molar-refractivity contribution is 5.78. The van der Waals surface area contributed by atoms with Crippen molar-refractivity contribution < 1.29 is 24.2 Å². The number of hydrogen-bond donors (Lipinski definition) is 1. The molecule has 1 amide bonds. The summed E-state index contributed by atoms with van der Waals surface area (Å²) >= 11 is 0. The Morgan fingerprint density at radius 1 is 1.24 bits per heavy atom. The fraction of sp³-hybridized carbons (Fsp3) is 0.467. The number of benzene rings is 1. The number of carboxylic acids is 1. The van der Waals surface area contributed by atoms with E-state index in [4.69, 9.17) is 14.6 Å². The summed E-state index contributed by atoms with van der Waals surface area (Å²) in [5.74, 6) is -1.07. The Morgan fingerprint density at radius 2 is 1.86 bits per heavy atom. The number of rotatable bonds is 8. The van der Waals surface area contributed by atoms with Crippen LogP contribution in [0, 0.1) is 5.92 Å². The van der Waals surface area contributed by atoms with Gasteiger partial charge in [-0.1, -0.05) is 19.1 Å². The number of carbonyl (C=O) groups is 2. The van der Waals surface area contributed by atoms with Gasteiger partial charge in [0.25, 0.3) is 0 Å². The van der Waals surface area contributed by atoms with Crippen molar-refractivity contribution in [2.24, 2.45) is 5.92 Å². The van der Waals surface area contributed by atoms with Crippen molar-refractivity contribution in [2.75, 3.05) is 27.4 Å². The maximum Gasteiger partial charge on any atom is 0.308 e. The lowest BCUT2D eigenvalue weighted by Crippen LogP contribution is -2.38. The molecule has 0 bridgehead atoms. The van der Waals surface area contributed by atoms with Gasteiger partial charge in [0, 0.05) is 20.2 Å². The Hall–Kier alpha value is -2.08. The van der Waals surface area contributed by atoms with Crippen molar-refractivity contribution in [1.29, 1.82) is 0 Å². The number of hydrogen-bond acceptors (Lipinski definition) is 4. The van der Waals surface area contributed by atoms with Crippen LogP contribution in [-0.2, 0) is 20.9 Å². The molecule has 6 heteroatoms. The molecule has 6 nitrogen and oxygen atoms in total. The zero-order valence-corrected chi connectivity index (χ0v) is 12.5. The fourth-order valence-corrected chi connectivity index (χ4v) is 1.83. The van der Waals surface area contributed by atoms with Crippen LogP contribution in [0.3, 0.4) is 0 Å². The van der Waals surface area contributed by atoms with Gasteiger partial charge < -0.3 is 19.5 Å². The van der Waals surface area contributed by atoms with Crippen LogP contribution in [-0.4, -0.2) is 49.3 Å². The Labute approximate surface area is 124 Å². The Morgan fingerprint density at radius 3 is 2.33 bits per heavy atom. The Kier molecular flexibility index (Phi) is 6.68. The van der Waals surface area contributed by atoms with Gasteiger partial charge in [0.05, 0.1) is 13.0 Å². The van der Waals surface area contributed by atoms with Crippen molar-refractivity contribution in [1.82, 2.24) is 4.90 Å². The van der Waals surface area contributed by atoms with Crippen LogP contribution < -0.4 is 4.74 Å². The number of nitrogens with zero attached hydrogens (tertiary/aromatic N) is 1. The maximum atomic E-state index is 12.0. The first-order valence-corrected chi connectivity index (χ1v) is 6.60. The van der Waals surface area contributed by atoms with E-state index >= 15 is 0 Å². The second kappa shape index (κ2) is 8.26. The standard InChI is InChI=1S/C15H21NO5/c1-11(15(18)19)8-16(14(17)10-20-2)9-12-4-6-13(21-3)7-5-12/h4-7,11H,8-10H2,1-3H3,(H,18,19). The first kappa shape index (κ1) is 17.0. The van der Waals surface area contributed by atoms with Crippen molar-refractivity contribution in [3.63, 3.8) is 0 Å². The summed E-state index contributed by atoms with van der Waals surface area (Å²) in [6.07, 6.45) is 0. The molecule has 1 N–H and O–H groups in total. The molecule has 0 fully saturated rings. The van der Waals surface area contributed by atoms with Gasteiger partial charge in [-0.15, -0.1) is 0 Å². The summed E-state index contributed by atoms with van der Waals surface area (Å²) in [7, 11) is 3.02. The number of aliphatic carboxylic acids is 1. The van der Waals surface area contributed by atoms with Gasteiger partial charge in [-0.2, -0.15) is 0 Å². The summed E-state index contributed by atoms with van der Waals surface area (Å²) in [6.45, 7) is 1.99. The molecule has 0 aromatic heterocycles. The molecule has 1 aromatic rings. The van der Waals surface area contributed by atoms with Crippen LogP contribution in [0.1, 0.15) is 12.5 Å². The van der Waals surface area contributed by atoms with Crippen molar-refractivity contribution in [3.8, 4) is 5.75 Å². The van der Waals surface area contributed by atoms with Crippen LogP contribution in [0.5, 0.6) is 5.75 Å². The summed E-state index contributed by atoms with van der Waals surface area (Å²) in [5.41, 5.74) is 0.901. The highest BCUT2D eigenvalue weighted by Gasteiger charge is 2.20. The number of methoxy groups -OCH3 is 2. The van der Waals surface area contributed by atoms with Crippen molar-refractivity contribution in [3.05, 3.63) is 29.8 Å². The fourth-order valence-electron chi connectivity index (χ4n) is 1.83. The second-order valence-electron chi connectivity index (χ2n) is 4.79. The molecule has 1 atom stereocenters. The van der Waals surface area contributed by atoms with E-state index in [-0.39, 0.29) is 19.1 Å². The molecular weight excluding hydrogens is 274 g/mol. The predicted octanol–water partition coefficient (Wildman–Crippen LogP) is 1.39. The van der Waals surface area contributed by atoms with E-state index in [9.17, 15) is 9.59 Å². The largest absolute Gasteiger partial charge is 0.497 e. The predicted molar refractivity (Wildman–Crippen MR) is 77.1 cm³/mol. The lowest BCUT2D eigenvalue weighted by atomic mass is 10.1. The minimum Gasteiger partial charge on any atom is -0.497 e. The first-order valence-electron chi connectivity index (χ1n) is 6.60. The molecular formula is C15H21NO5. The second-order valence-corrected chi connectivity index (χ2v) is 4.79. The molecule has 1 rings (SSSR count). The normalized spacial score (nSPS) is 11.8. The van der Waals surface area contributed by atoms with E-state index in [0.717, 1.165) is 11.3 Å². The smallest absolute Gasteiger partial charge is 0.308 e. The zero-order chi connectivity index (χ0) is 15.8. The Bertz CT molecular complexity index is 471. The lowest BCUT2D eigenvalue weighted by Gasteiger charge is -2.24. The van der Waals surface area contributed by atoms with E-state index in [1.54, 1.807) is 26.2 Å². The highest BCUT2D eigenvalue weighted by atomic mass is 16.5. The van der Waals surface area contributed by atoms with Gasteiger partial charge >= 0.3 is 5.97 Å². The average Bonchev–Trinajstić information content (AvgIpc) is 2.47. The topological polar surface area (TPSA) is 76.1 Å². The van der Waals surface area contributed by atoms with Crippen LogP contribution in [0.4, 0.5) is 0 Å². The van der Waals surface area contributed by atoms with Gasteiger partial charge in [0.1, 0.15) is 12.4 Å². The van der Waals surface area contributed by atoms with Gasteiger partial charge in [-0.25, -0.2) is 0 Å². The van der Waals surface area contributed by atoms with Crippen LogP contribution in [0.25, 0.3) is 0 Å². The molecule has 0 radical (unpaired) electrons. The molecule has 0 heterocycles. The minimum atomic E-state index is -0.931. The number of carboxylic acid groups (broad SMARTS) is 1. The third-order valence-electron chi connectivity index (χ3n) is 3.07. The van der Waals surface area contributed by atoms with E-state index in [1.165, 1.54) is 12.0 Å². The molecule has 0 aliphatic heterocycles. The summed E-state index contributed by atoms with van der Waals surface area (Å²) < 4.78 is 9.92. The van der Waals surface area contributed by atoms with E-state index < -0.39 is 11.9 Å². The van der Waals surface area contributed by atoms with Crippen LogP contribution in [0.2, 0.25) is 0 Å². The monoisotopic (exact) mass is 295 g/mol. The third kappa shape index (κ3) is 5.43. The van der Waals surface area contributed by atoms with Gasteiger partial charge in [-0.05, 0) is 17.7 Å². The molecule has 116 valence electrons. The molecule has 0 spiro atoms. The average molecular weight is 295 g/mol. The minimum absolute atomic E-state index is 0.0670. The number of carbonyl (C=O) groups excluding carboxylic acids is 1. The number of ether oxygens (including phenoxy) is 2. The van der Waals surface area contributed by atoms with Crippen molar-refractivity contribution >= 4 is 11.9 Å². The van der Waals surface area contributed by atoms with E-state index in [0.29, 0.717) is 6.54 Å². The van der Waals surface area contributed by atoms with E-state index in [2.05, 4.69) is 0 Å². The van der Waals surface area contributed by atoms with E-state index in [1.807, 2.05) is 12.1 Å². The van der Waals surface area contributed by atoms with Crippen molar-refractivity contribution in [2.45, 2.75) is 13.5 Å². The maximum absolute atomic E-state index is 12.0. The van der Waals surface area contributed by atoms with Crippen LogP contribution >= 0.6 is 0 Å². The van der Waals surface area contributed by atoms with Gasteiger partial charge in [0.2, 0.25) is 5.91 Å². The molecule has 0 aliphatic rings. The lowest BCUT2D eigenvalue weighted by molar-refractivity contribution is -0.144. The molecule has 1 unspecified atom stereocenters. The SMILES string of the molecule is COCC(=O)N(Cc1ccc(OC)cc1)CC(C)C(=O)O. The quantitative estimate of drug-likeness (QED) is 0.784.